The molecule has 25 heavy (non-hydrogen) atoms. The van der Waals surface area contributed by atoms with Crippen molar-refractivity contribution < 1.29 is 18.0 Å². The van der Waals surface area contributed by atoms with Crippen LogP contribution in [0, 0.1) is 5.92 Å². The van der Waals surface area contributed by atoms with Gasteiger partial charge in [0, 0.05) is 39.1 Å². The maximum atomic E-state index is 12.4. The summed E-state index contributed by atoms with van der Waals surface area (Å²) in [5.41, 5.74) is 0. The monoisotopic (exact) mass is 387 g/mol. The highest BCUT2D eigenvalue weighted by atomic mass is 32.2. The van der Waals surface area contributed by atoms with Crippen molar-refractivity contribution in [3.05, 3.63) is 17.5 Å². The van der Waals surface area contributed by atoms with Crippen LogP contribution in [0.5, 0.6) is 0 Å². The smallest absolute Gasteiger partial charge is 0.250 e. The summed E-state index contributed by atoms with van der Waals surface area (Å²) in [6.07, 6.45) is 3.32. The summed E-state index contributed by atoms with van der Waals surface area (Å²) >= 11 is 1.21. The normalized spacial score (nSPS) is 22.4. The molecule has 0 aromatic carbocycles. The maximum Gasteiger partial charge on any atom is 0.250 e. The number of thiophene rings is 1. The Balaban J connectivity index is 1.45. The lowest BCUT2D eigenvalue weighted by atomic mass is 9.98. The summed E-state index contributed by atoms with van der Waals surface area (Å²) < 4.78 is 27.4. The van der Waals surface area contributed by atoms with Gasteiger partial charge in [0.15, 0.2) is 0 Å². The van der Waals surface area contributed by atoms with E-state index in [9.17, 15) is 13.2 Å². The standard InChI is InChI=1S/C16H25N3O4S2/c20-15(6-9-19-8-3-10-23-19)18-7-1-4-14(13-18)12-17-25(21,22)16-5-2-11-24-16/h2,5,11,14,17H,1,3-4,6-10,12-13H2. The number of carbonyl (C=O) groups is 1. The fourth-order valence-electron chi connectivity index (χ4n) is 3.23. The Kier molecular flexibility index (Phi) is 6.45. The lowest BCUT2D eigenvalue weighted by Crippen LogP contribution is -2.44. The van der Waals surface area contributed by atoms with Crippen molar-refractivity contribution in [1.82, 2.24) is 14.7 Å². The highest BCUT2D eigenvalue weighted by molar-refractivity contribution is 7.91. The molecule has 0 spiro atoms. The maximum absolute atomic E-state index is 12.4. The van der Waals surface area contributed by atoms with Gasteiger partial charge in [-0.05, 0) is 36.6 Å². The van der Waals surface area contributed by atoms with Gasteiger partial charge >= 0.3 is 0 Å². The molecule has 1 N–H and O–H groups in total. The molecule has 2 aliphatic rings. The van der Waals surface area contributed by atoms with E-state index in [1.807, 2.05) is 9.96 Å². The molecular weight excluding hydrogens is 362 g/mol. The fourth-order valence-corrected chi connectivity index (χ4v) is 5.38. The van der Waals surface area contributed by atoms with E-state index >= 15 is 0 Å². The zero-order valence-corrected chi connectivity index (χ0v) is 15.9. The van der Waals surface area contributed by atoms with Crippen molar-refractivity contribution in [2.75, 3.05) is 39.3 Å². The number of sulfonamides is 1. The topological polar surface area (TPSA) is 79.0 Å². The van der Waals surface area contributed by atoms with Gasteiger partial charge in [-0.1, -0.05) is 6.07 Å². The first-order chi connectivity index (χ1) is 12.0. The van der Waals surface area contributed by atoms with Crippen LogP contribution < -0.4 is 4.72 Å². The van der Waals surface area contributed by atoms with Gasteiger partial charge in [0.05, 0.1) is 6.61 Å². The van der Waals surface area contributed by atoms with E-state index in [-0.39, 0.29) is 11.8 Å². The van der Waals surface area contributed by atoms with Gasteiger partial charge in [0.25, 0.3) is 0 Å². The number of hydrogen-bond donors (Lipinski definition) is 1. The minimum atomic E-state index is -3.43. The molecule has 2 fully saturated rings. The van der Waals surface area contributed by atoms with E-state index in [1.54, 1.807) is 17.5 Å². The molecule has 0 radical (unpaired) electrons. The number of hydrogen-bond acceptors (Lipinski definition) is 6. The number of piperidine rings is 1. The van der Waals surface area contributed by atoms with Crippen LogP contribution in [-0.4, -0.2) is 63.6 Å². The molecule has 2 aliphatic heterocycles. The average molecular weight is 388 g/mol. The molecule has 7 nitrogen and oxygen atoms in total. The van der Waals surface area contributed by atoms with E-state index < -0.39 is 10.0 Å². The summed E-state index contributed by atoms with van der Waals surface area (Å²) in [5.74, 6) is 0.289. The molecular formula is C16H25N3O4S2. The Morgan fingerprint density at radius 3 is 2.96 bits per heavy atom. The van der Waals surface area contributed by atoms with Crippen molar-refractivity contribution >= 4 is 27.3 Å². The number of hydroxylamine groups is 2. The van der Waals surface area contributed by atoms with Gasteiger partial charge in [-0.3, -0.25) is 9.63 Å². The Bertz CT molecular complexity index is 657. The first-order valence-electron chi connectivity index (χ1n) is 8.73. The molecule has 1 aromatic heterocycles. The van der Waals surface area contributed by atoms with Crippen molar-refractivity contribution in [2.45, 2.75) is 29.9 Å². The molecule has 1 aromatic rings. The molecule has 3 rings (SSSR count). The summed E-state index contributed by atoms with van der Waals surface area (Å²) in [4.78, 5) is 19.7. The van der Waals surface area contributed by atoms with Crippen molar-refractivity contribution in [3.63, 3.8) is 0 Å². The number of carbonyl (C=O) groups excluding carboxylic acids is 1. The minimum absolute atomic E-state index is 0.126. The van der Waals surface area contributed by atoms with Crippen LogP contribution in [0.25, 0.3) is 0 Å². The highest BCUT2D eigenvalue weighted by Gasteiger charge is 2.26. The third-order valence-corrected chi connectivity index (χ3v) is 7.42. The average Bonchev–Trinajstić information content (AvgIpc) is 3.32. The van der Waals surface area contributed by atoms with Gasteiger partial charge in [-0.2, -0.15) is 5.06 Å². The van der Waals surface area contributed by atoms with E-state index in [0.717, 1.165) is 39.0 Å². The summed E-state index contributed by atoms with van der Waals surface area (Å²) in [6, 6.07) is 3.33. The van der Waals surface area contributed by atoms with Gasteiger partial charge in [-0.15, -0.1) is 11.3 Å². The molecule has 9 heteroatoms. The molecule has 1 unspecified atom stereocenters. The van der Waals surface area contributed by atoms with Crippen molar-refractivity contribution in [2.24, 2.45) is 5.92 Å². The predicted molar refractivity (Wildman–Crippen MR) is 95.6 cm³/mol. The first kappa shape index (κ1) is 18.8. The molecule has 1 atom stereocenters. The van der Waals surface area contributed by atoms with Gasteiger partial charge in [0.1, 0.15) is 4.21 Å². The second-order valence-corrected chi connectivity index (χ2v) is 9.44. The summed E-state index contributed by atoms with van der Waals surface area (Å²) in [7, 11) is -3.43. The van der Waals surface area contributed by atoms with Crippen LogP contribution in [0.15, 0.2) is 21.7 Å². The second kappa shape index (κ2) is 8.59. The SMILES string of the molecule is O=C(CCN1CCCO1)N1CCCC(CNS(=O)(=O)c2cccs2)C1. The van der Waals surface area contributed by atoms with Gasteiger partial charge < -0.3 is 4.90 Å². The lowest BCUT2D eigenvalue weighted by molar-refractivity contribution is -0.140. The number of rotatable bonds is 7. The Labute approximate surface area is 152 Å². The summed E-state index contributed by atoms with van der Waals surface area (Å²) in [6.45, 7) is 4.01. The molecule has 3 heterocycles. The third kappa shape index (κ3) is 5.24. The first-order valence-corrected chi connectivity index (χ1v) is 11.1. The molecule has 2 saturated heterocycles. The fraction of sp³-hybridized carbons (Fsp3) is 0.688. The molecule has 0 aliphatic carbocycles. The molecule has 0 saturated carbocycles. The number of nitrogens with zero attached hydrogens (tertiary/aromatic N) is 2. The van der Waals surface area contributed by atoms with Crippen LogP contribution in [0.1, 0.15) is 25.7 Å². The van der Waals surface area contributed by atoms with E-state index in [2.05, 4.69) is 4.72 Å². The number of likely N-dealkylation sites (tertiary alicyclic amines) is 1. The van der Waals surface area contributed by atoms with Crippen LogP contribution in [0.3, 0.4) is 0 Å². The molecule has 1 amide bonds. The largest absolute Gasteiger partial charge is 0.342 e. The van der Waals surface area contributed by atoms with Gasteiger partial charge in [-0.25, -0.2) is 13.1 Å². The third-order valence-electron chi connectivity index (χ3n) is 4.59. The van der Waals surface area contributed by atoms with Crippen LogP contribution in [0.2, 0.25) is 0 Å². The van der Waals surface area contributed by atoms with Crippen molar-refractivity contribution in [3.8, 4) is 0 Å². The second-order valence-electron chi connectivity index (χ2n) is 6.50. The Morgan fingerprint density at radius 2 is 2.24 bits per heavy atom. The Morgan fingerprint density at radius 1 is 1.36 bits per heavy atom. The predicted octanol–water partition coefficient (Wildman–Crippen LogP) is 1.29. The zero-order valence-electron chi connectivity index (χ0n) is 14.2. The van der Waals surface area contributed by atoms with E-state index in [1.165, 1.54) is 11.3 Å². The number of amides is 1. The lowest BCUT2D eigenvalue weighted by Gasteiger charge is -2.33. The number of nitrogens with one attached hydrogen (secondary N) is 1. The van der Waals surface area contributed by atoms with Gasteiger partial charge in [0.2, 0.25) is 15.9 Å². The van der Waals surface area contributed by atoms with Crippen LogP contribution in [-0.2, 0) is 19.7 Å². The molecule has 140 valence electrons. The van der Waals surface area contributed by atoms with E-state index in [4.69, 9.17) is 4.84 Å². The zero-order chi connectivity index (χ0) is 17.7. The van der Waals surface area contributed by atoms with Crippen LogP contribution in [0.4, 0.5) is 0 Å². The highest BCUT2D eigenvalue weighted by Crippen LogP contribution is 2.19. The quantitative estimate of drug-likeness (QED) is 0.763. The van der Waals surface area contributed by atoms with Crippen LogP contribution >= 0.6 is 11.3 Å². The van der Waals surface area contributed by atoms with E-state index in [0.29, 0.717) is 30.3 Å². The Hall–Kier alpha value is -1.000. The minimum Gasteiger partial charge on any atom is -0.342 e. The summed E-state index contributed by atoms with van der Waals surface area (Å²) in [5, 5.41) is 3.61. The van der Waals surface area contributed by atoms with Crippen molar-refractivity contribution in [1.29, 1.82) is 0 Å². The molecule has 0 bridgehead atoms.